The molecule has 0 aromatic rings. The minimum atomic E-state index is -0.804. The third-order valence-corrected chi connectivity index (χ3v) is 3.37. The zero-order chi connectivity index (χ0) is 16.5. The van der Waals surface area contributed by atoms with Crippen LogP contribution in [0.15, 0.2) is 0 Å². The highest BCUT2D eigenvalue weighted by molar-refractivity contribution is 5.76. The Balaban J connectivity index is 4.04. The summed E-state index contributed by atoms with van der Waals surface area (Å²) < 4.78 is 0. The van der Waals surface area contributed by atoms with Crippen molar-refractivity contribution in [2.24, 2.45) is 17.1 Å². The maximum Gasteiger partial charge on any atom is 0.314 e. The number of urea groups is 1. The summed E-state index contributed by atoms with van der Waals surface area (Å²) in [4.78, 5) is 32.6. The Morgan fingerprint density at radius 2 is 1.62 bits per heavy atom. The molecule has 0 aliphatic rings. The molecule has 0 aliphatic heterocycles. The van der Waals surface area contributed by atoms with Gasteiger partial charge in [-0.25, -0.2) is 4.79 Å². The number of aliphatic carboxylic acids is 1. The molecule has 0 aromatic carbocycles. The maximum absolute atomic E-state index is 11.5. The second-order valence-electron chi connectivity index (χ2n) is 6.18. The van der Waals surface area contributed by atoms with E-state index in [2.05, 4.69) is 31.4 Å². The number of hydrogen-bond donors (Lipinski definition) is 4. The van der Waals surface area contributed by atoms with Crippen LogP contribution in [0.3, 0.4) is 0 Å². The van der Waals surface area contributed by atoms with E-state index >= 15 is 0 Å². The first kappa shape index (κ1) is 19.2. The van der Waals surface area contributed by atoms with Gasteiger partial charge in [-0.15, -0.1) is 0 Å². The summed E-state index contributed by atoms with van der Waals surface area (Å²) in [6.45, 7) is 6.86. The molecule has 0 rings (SSSR count). The zero-order valence-corrected chi connectivity index (χ0v) is 13.1. The van der Waals surface area contributed by atoms with Crippen molar-refractivity contribution in [2.75, 3.05) is 13.1 Å². The first-order chi connectivity index (χ1) is 9.62. The van der Waals surface area contributed by atoms with E-state index < -0.39 is 11.9 Å². The van der Waals surface area contributed by atoms with Crippen molar-refractivity contribution in [1.29, 1.82) is 0 Å². The second-order valence-corrected chi connectivity index (χ2v) is 6.18. The fourth-order valence-electron chi connectivity index (χ4n) is 2.03. The molecule has 0 saturated carbocycles. The lowest BCUT2D eigenvalue weighted by atomic mass is 9.76. The van der Waals surface area contributed by atoms with Gasteiger partial charge in [-0.3, -0.25) is 9.59 Å². The standard InChI is InChI=1S/C14H27N3O4/c1-14(2,3)10(4-5-12(19)20)6-8-16-13(21)17-9-7-11(15)18/h10H,4-9H2,1-3H3,(H2,15,18)(H,19,20)(H2,16,17,21). The lowest BCUT2D eigenvalue weighted by Gasteiger charge is -2.30. The molecular formula is C14H27N3O4. The number of nitrogens with two attached hydrogens (primary N) is 1. The molecule has 0 radical (unpaired) electrons. The molecular weight excluding hydrogens is 274 g/mol. The SMILES string of the molecule is CC(C)(C)C(CCNC(=O)NCCC(N)=O)CCC(=O)O. The fraction of sp³-hybridized carbons (Fsp3) is 0.786. The van der Waals surface area contributed by atoms with Crippen molar-refractivity contribution >= 4 is 17.9 Å². The van der Waals surface area contributed by atoms with E-state index in [0.717, 1.165) is 0 Å². The van der Waals surface area contributed by atoms with Crippen LogP contribution in [0, 0.1) is 11.3 Å². The average molecular weight is 301 g/mol. The zero-order valence-electron chi connectivity index (χ0n) is 13.1. The van der Waals surface area contributed by atoms with E-state index in [1.54, 1.807) is 0 Å². The van der Waals surface area contributed by atoms with Crippen molar-refractivity contribution in [1.82, 2.24) is 10.6 Å². The van der Waals surface area contributed by atoms with Gasteiger partial charge in [0.2, 0.25) is 5.91 Å². The molecule has 122 valence electrons. The molecule has 21 heavy (non-hydrogen) atoms. The van der Waals surface area contributed by atoms with E-state index in [1.807, 2.05) is 0 Å². The number of primary amides is 1. The average Bonchev–Trinajstić information content (AvgIpc) is 2.31. The molecule has 0 aliphatic carbocycles. The van der Waals surface area contributed by atoms with Crippen molar-refractivity contribution in [3.05, 3.63) is 0 Å². The number of amides is 3. The third kappa shape index (κ3) is 10.6. The van der Waals surface area contributed by atoms with Crippen LogP contribution < -0.4 is 16.4 Å². The van der Waals surface area contributed by atoms with Crippen LogP contribution >= 0.6 is 0 Å². The molecule has 1 unspecified atom stereocenters. The van der Waals surface area contributed by atoms with Crippen molar-refractivity contribution in [3.8, 4) is 0 Å². The smallest absolute Gasteiger partial charge is 0.314 e. The van der Waals surface area contributed by atoms with E-state index in [1.165, 1.54) is 0 Å². The summed E-state index contributed by atoms with van der Waals surface area (Å²) in [7, 11) is 0. The van der Waals surface area contributed by atoms with Crippen molar-refractivity contribution < 1.29 is 19.5 Å². The van der Waals surface area contributed by atoms with Gasteiger partial charge >= 0.3 is 12.0 Å². The largest absolute Gasteiger partial charge is 0.481 e. The van der Waals surface area contributed by atoms with Crippen molar-refractivity contribution in [3.63, 3.8) is 0 Å². The molecule has 0 spiro atoms. The summed E-state index contributed by atoms with van der Waals surface area (Å²) in [5, 5.41) is 14.0. The van der Waals surface area contributed by atoms with E-state index in [0.29, 0.717) is 19.4 Å². The third-order valence-electron chi connectivity index (χ3n) is 3.37. The van der Waals surface area contributed by atoms with Gasteiger partial charge in [-0.2, -0.15) is 0 Å². The maximum atomic E-state index is 11.5. The summed E-state index contributed by atoms with van der Waals surface area (Å²) in [5.74, 6) is -1.06. The number of rotatable bonds is 9. The molecule has 0 aromatic heterocycles. The predicted molar refractivity (Wildman–Crippen MR) is 79.6 cm³/mol. The number of carboxylic acids is 1. The fourth-order valence-corrected chi connectivity index (χ4v) is 2.03. The minimum Gasteiger partial charge on any atom is -0.481 e. The first-order valence-corrected chi connectivity index (χ1v) is 7.14. The monoisotopic (exact) mass is 301 g/mol. The number of carbonyl (C=O) groups is 3. The Labute approximate surface area is 125 Å². The van der Waals surface area contributed by atoms with Crippen LogP contribution in [0.5, 0.6) is 0 Å². The Morgan fingerprint density at radius 1 is 1.05 bits per heavy atom. The van der Waals surface area contributed by atoms with Crippen LogP contribution in [-0.2, 0) is 9.59 Å². The highest BCUT2D eigenvalue weighted by atomic mass is 16.4. The van der Waals surface area contributed by atoms with E-state index in [4.69, 9.17) is 10.8 Å². The van der Waals surface area contributed by atoms with Gasteiger partial charge in [0.1, 0.15) is 0 Å². The molecule has 5 N–H and O–H groups in total. The van der Waals surface area contributed by atoms with Gasteiger partial charge in [0.25, 0.3) is 0 Å². The Hall–Kier alpha value is -1.79. The summed E-state index contributed by atoms with van der Waals surface area (Å²) >= 11 is 0. The van der Waals surface area contributed by atoms with Crippen LogP contribution in [0.25, 0.3) is 0 Å². The minimum absolute atomic E-state index is 0.0143. The highest BCUT2D eigenvalue weighted by Gasteiger charge is 2.24. The van der Waals surface area contributed by atoms with Gasteiger partial charge in [0.15, 0.2) is 0 Å². The topological polar surface area (TPSA) is 122 Å². The molecule has 0 bridgehead atoms. The molecule has 0 heterocycles. The van der Waals surface area contributed by atoms with Gasteiger partial charge in [0, 0.05) is 25.9 Å². The molecule has 0 fully saturated rings. The van der Waals surface area contributed by atoms with E-state index in [9.17, 15) is 14.4 Å². The Kier molecular flexibility index (Phi) is 8.42. The molecule has 7 nitrogen and oxygen atoms in total. The van der Waals surface area contributed by atoms with Gasteiger partial charge in [0.05, 0.1) is 0 Å². The van der Waals surface area contributed by atoms with Gasteiger partial charge in [-0.1, -0.05) is 20.8 Å². The quantitative estimate of drug-likeness (QED) is 0.509. The molecule has 1 atom stereocenters. The number of nitrogens with one attached hydrogen (secondary N) is 2. The normalized spacial score (nSPS) is 12.5. The number of carboxylic acid groups (broad SMARTS) is 1. The van der Waals surface area contributed by atoms with Gasteiger partial charge in [-0.05, 0) is 24.2 Å². The molecule has 3 amide bonds. The summed E-state index contributed by atoms with van der Waals surface area (Å²) in [6, 6.07) is -0.345. The van der Waals surface area contributed by atoms with Crippen molar-refractivity contribution in [2.45, 2.75) is 46.5 Å². The van der Waals surface area contributed by atoms with Gasteiger partial charge < -0.3 is 21.5 Å². The Bertz CT molecular complexity index is 364. The summed E-state index contributed by atoms with van der Waals surface area (Å²) in [5.41, 5.74) is 4.95. The predicted octanol–water partition coefficient (Wildman–Crippen LogP) is 1.08. The highest BCUT2D eigenvalue weighted by Crippen LogP contribution is 2.32. The Morgan fingerprint density at radius 3 is 2.10 bits per heavy atom. The van der Waals surface area contributed by atoms with Crippen LogP contribution in [-0.4, -0.2) is 36.1 Å². The number of carbonyl (C=O) groups excluding carboxylic acids is 2. The van der Waals surface area contributed by atoms with Crippen LogP contribution in [0.1, 0.15) is 46.5 Å². The van der Waals surface area contributed by atoms with Crippen LogP contribution in [0.2, 0.25) is 0 Å². The first-order valence-electron chi connectivity index (χ1n) is 7.14. The summed E-state index contributed by atoms with van der Waals surface area (Å²) in [6.07, 6.45) is 1.53. The molecule has 0 saturated heterocycles. The lowest BCUT2D eigenvalue weighted by Crippen LogP contribution is -2.38. The van der Waals surface area contributed by atoms with E-state index in [-0.39, 0.29) is 36.8 Å². The van der Waals surface area contributed by atoms with Crippen LogP contribution in [0.4, 0.5) is 4.79 Å². The number of hydrogen-bond acceptors (Lipinski definition) is 3. The lowest BCUT2D eigenvalue weighted by molar-refractivity contribution is -0.137. The molecule has 7 heteroatoms. The second kappa shape index (κ2) is 9.20.